The van der Waals surface area contributed by atoms with Crippen molar-refractivity contribution in [3.05, 3.63) is 34.3 Å². The zero-order chi connectivity index (χ0) is 15.0. The summed E-state index contributed by atoms with van der Waals surface area (Å²) in [5, 5.41) is 5.56. The van der Waals surface area contributed by atoms with E-state index < -0.39 is 21.5 Å². The fourth-order valence-corrected chi connectivity index (χ4v) is 3.20. The van der Waals surface area contributed by atoms with Gasteiger partial charge in [-0.2, -0.15) is 0 Å². The molecule has 0 fully saturated rings. The van der Waals surface area contributed by atoms with Gasteiger partial charge in [0.2, 0.25) is 5.91 Å². The molecule has 1 aromatic rings. The van der Waals surface area contributed by atoms with Crippen molar-refractivity contribution in [2.45, 2.75) is 12.2 Å². The van der Waals surface area contributed by atoms with Crippen molar-refractivity contribution in [3.63, 3.8) is 0 Å². The average molecular weight is 363 g/mol. The molecule has 0 aromatic heterocycles. The van der Waals surface area contributed by atoms with E-state index in [1.807, 2.05) is 7.05 Å². The summed E-state index contributed by atoms with van der Waals surface area (Å²) in [5.74, 6) is -1.04. The number of hydrogen-bond acceptors (Lipinski definition) is 4. The number of nitrogens with one attached hydrogen (secondary N) is 2. The predicted molar refractivity (Wildman–Crippen MR) is 83.2 cm³/mol. The summed E-state index contributed by atoms with van der Waals surface area (Å²) in [6, 6.07) is 7.02. The Bertz CT molecular complexity index is 529. The molecule has 2 N–H and O–H groups in total. The van der Waals surface area contributed by atoms with Crippen molar-refractivity contribution in [1.29, 1.82) is 0 Å². The van der Waals surface area contributed by atoms with Gasteiger partial charge in [0.25, 0.3) is 0 Å². The highest BCUT2D eigenvalue weighted by atomic mass is 79.9. The Morgan fingerprint density at radius 2 is 1.85 bits per heavy atom. The van der Waals surface area contributed by atoms with E-state index in [1.165, 1.54) is 0 Å². The van der Waals surface area contributed by atoms with Gasteiger partial charge in [0, 0.05) is 11.0 Å². The second kappa shape index (κ2) is 8.39. The third-order valence-electron chi connectivity index (χ3n) is 2.58. The van der Waals surface area contributed by atoms with Gasteiger partial charge in [-0.15, -0.1) is 0 Å². The first-order valence-corrected chi connectivity index (χ1v) is 8.90. The first-order valence-electron chi connectivity index (χ1n) is 6.29. The van der Waals surface area contributed by atoms with Crippen LogP contribution in [0.4, 0.5) is 0 Å². The average Bonchev–Trinajstić information content (AvgIpc) is 2.36. The maximum atomic E-state index is 11.9. The van der Waals surface area contributed by atoms with Crippen molar-refractivity contribution in [1.82, 2.24) is 10.6 Å². The number of carbonyl (C=O) groups is 1. The van der Waals surface area contributed by atoms with Gasteiger partial charge in [0.1, 0.15) is 5.75 Å². The molecule has 1 rings (SSSR count). The molecule has 0 aliphatic heterocycles. The summed E-state index contributed by atoms with van der Waals surface area (Å²) < 4.78 is 24.7. The van der Waals surface area contributed by atoms with Gasteiger partial charge >= 0.3 is 0 Å². The molecule has 1 amide bonds. The van der Waals surface area contributed by atoms with Crippen LogP contribution < -0.4 is 10.6 Å². The van der Waals surface area contributed by atoms with Crippen LogP contribution in [0.2, 0.25) is 0 Å². The summed E-state index contributed by atoms with van der Waals surface area (Å²) in [5.41, 5.74) is 0.677. The first-order chi connectivity index (χ1) is 9.43. The number of rotatable bonds is 8. The van der Waals surface area contributed by atoms with Crippen LogP contribution in [-0.4, -0.2) is 40.2 Å². The van der Waals surface area contributed by atoms with Gasteiger partial charge < -0.3 is 10.6 Å². The molecule has 0 heterocycles. The zero-order valence-corrected chi connectivity index (χ0v) is 13.8. The number of benzene rings is 1. The number of carbonyl (C=O) groups excluding carboxylic acids is 1. The van der Waals surface area contributed by atoms with Crippen LogP contribution in [0.5, 0.6) is 0 Å². The van der Waals surface area contributed by atoms with Crippen molar-refractivity contribution >= 4 is 31.7 Å². The molecule has 0 aliphatic rings. The van der Waals surface area contributed by atoms with Crippen LogP contribution in [0.15, 0.2) is 28.7 Å². The normalized spacial score (nSPS) is 11.3. The summed E-state index contributed by atoms with van der Waals surface area (Å²) in [6.07, 6.45) is 0.773. The minimum atomic E-state index is -3.43. The van der Waals surface area contributed by atoms with Crippen molar-refractivity contribution < 1.29 is 13.2 Å². The van der Waals surface area contributed by atoms with E-state index in [2.05, 4.69) is 26.6 Å². The molecule has 1 aromatic carbocycles. The topological polar surface area (TPSA) is 75.3 Å². The van der Waals surface area contributed by atoms with Crippen LogP contribution in [0.25, 0.3) is 0 Å². The summed E-state index contributed by atoms with van der Waals surface area (Å²) in [6.45, 7) is 1.26. The highest BCUT2D eigenvalue weighted by Crippen LogP contribution is 2.13. The third-order valence-corrected chi connectivity index (χ3v) is 4.58. The van der Waals surface area contributed by atoms with Crippen LogP contribution in [0.3, 0.4) is 0 Å². The first kappa shape index (κ1) is 17.1. The van der Waals surface area contributed by atoms with E-state index in [0.29, 0.717) is 12.1 Å². The molecule has 0 atom stereocenters. The van der Waals surface area contributed by atoms with E-state index in [1.54, 1.807) is 24.3 Å². The highest BCUT2D eigenvalue weighted by Gasteiger charge is 2.17. The van der Waals surface area contributed by atoms with Crippen molar-refractivity contribution in [3.8, 4) is 0 Å². The third kappa shape index (κ3) is 7.02. The lowest BCUT2D eigenvalue weighted by molar-refractivity contribution is -0.118. The monoisotopic (exact) mass is 362 g/mol. The van der Waals surface area contributed by atoms with E-state index in [4.69, 9.17) is 0 Å². The predicted octanol–water partition coefficient (Wildman–Crippen LogP) is 1.09. The summed E-state index contributed by atoms with van der Waals surface area (Å²) >= 11 is 3.29. The second-order valence-electron chi connectivity index (χ2n) is 4.47. The molecular formula is C13H19BrN2O3S. The lowest BCUT2D eigenvalue weighted by atomic mass is 10.2. The van der Waals surface area contributed by atoms with E-state index in [9.17, 15) is 13.2 Å². The van der Waals surface area contributed by atoms with Gasteiger partial charge in [-0.05, 0) is 37.7 Å². The highest BCUT2D eigenvalue weighted by molar-refractivity contribution is 9.10. The molecule has 0 radical (unpaired) electrons. The Kier molecular flexibility index (Phi) is 7.18. The minimum absolute atomic E-state index is 0.121. The van der Waals surface area contributed by atoms with Crippen LogP contribution >= 0.6 is 15.9 Å². The Hall–Kier alpha value is -0.920. The molecule has 0 spiro atoms. The van der Waals surface area contributed by atoms with Crippen molar-refractivity contribution in [2.24, 2.45) is 0 Å². The van der Waals surface area contributed by atoms with Crippen molar-refractivity contribution in [2.75, 3.05) is 25.9 Å². The standard InChI is InChI=1S/C13H19BrN2O3S/c1-15-7-2-8-16-13(17)10-20(18,19)9-11-3-5-12(14)6-4-11/h3-6,15H,2,7-10H2,1H3,(H,16,17). The number of hydrogen-bond donors (Lipinski definition) is 2. The summed E-state index contributed by atoms with van der Waals surface area (Å²) in [7, 11) is -1.61. The fourth-order valence-electron chi connectivity index (χ4n) is 1.63. The maximum absolute atomic E-state index is 11.9. The molecule has 0 unspecified atom stereocenters. The van der Waals surface area contributed by atoms with Gasteiger partial charge in [0.05, 0.1) is 5.75 Å². The van der Waals surface area contributed by atoms with Crippen LogP contribution in [0, 0.1) is 0 Å². The lowest BCUT2D eigenvalue weighted by Gasteiger charge is -2.06. The zero-order valence-electron chi connectivity index (χ0n) is 11.4. The number of amides is 1. The van der Waals surface area contributed by atoms with Gasteiger partial charge in [-0.3, -0.25) is 4.79 Å². The maximum Gasteiger partial charge on any atom is 0.235 e. The molecule has 0 saturated carbocycles. The molecule has 5 nitrogen and oxygen atoms in total. The largest absolute Gasteiger partial charge is 0.355 e. The number of sulfone groups is 1. The molecular weight excluding hydrogens is 344 g/mol. The fraction of sp³-hybridized carbons (Fsp3) is 0.462. The van der Waals surface area contributed by atoms with Gasteiger partial charge in [0.15, 0.2) is 9.84 Å². The van der Waals surface area contributed by atoms with Gasteiger partial charge in [-0.1, -0.05) is 28.1 Å². The smallest absolute Gasteiger partial charge is 0.235 e. The van der Waals surface area contributed by atoms with E-state index in [0.717, 1.165) is 17.4 Å². The summed E-state index contributed by atoms with van der Waals surface area (Å²) in [4.78, 5) is 11.5. The quantitative estimate of drug-likeness (QED) is 0.678. The molecule has 0 saturated heterocycles. The Morgan fingerprint density at radius 1 is 1.20 bits per heavy atom. The molecule has 112 valence electrons. The SMILES string of the molecule is CNCCCNC(=O)CS(=O)(=O)Cc1ccc(Br)cc1. The van der Waals surface area contributed by atoms with Crippen LogP contribution in [-0.2, 0) is 20.4 Å². The molecule has 0 bridgehead atoms. The Morgan fingerprint density at radius 3 is 2.45 bits per heavy atom. The molecule has 7 heteroatoms. The molecule has 0 aliphatic carbocycles. The van der Waals surface area contributed by atoms with Crippen LogP contribution in [0.1, 0.15) is 12.0 Å². The number of halogens is 1. The Labute approximate surface area is 128 Å². The molecule has 20 heavy (non-hydrogen) atoms. The minimum Gasteiger partial charge on any atom is -0.355 e. The van der Waals surface area contributed by atoms with Gasteiger partial charge in [-0.25, -0.2) is 8.42 Å². The second-order valence-corrected chi connectivity index (χ2v) is 7.45. The van der Waals surface area contributed by atoms with E-state index >= 15 is 0 Å². The Balaban J connectivity index is 2.44. The lowest BCUT2D eigenvalue weighted by Crippen LogP contribution is -2.32. The van der Waals surface area contributed by atoms with E-state index in [-0.39, 0.29) is 5.75 Å².